The summed E-state index contributed by atoms with van der Waals surface area (Å²) < 4.78 is 4.85. The van der Waals surface area contributed by atoms with Crippen LogP contribution in [0.2, 0.25) is 5.02 Å². The summed E-state index contributed by atoms with van der Waals surface area (Å²) in [6.07, 6.45) is -0.407. The van der Waals surface area contributed by atoms with Crippen molar-refractivity contribution in [3.05, 3.63) is 34.9 Å². The Balaban J connectivity index is 1.82. The van der Waals surface area contributed by atoms with Crippen molar-refractivity contribution in [3.63, 3.8) is 0 Å². The van der Waals surface area contributed by atoms with E-state index < -0.39 is 12.1 Å². The van der Waals surface area contributed by atoms with Crippen LogP contribution in [0.25, 0.3) is 0 Å². The normalized spacial score (nSPS) is 17.6. The van der Waals surface area contributed by atoms with E-state index in [-0.39, 0.29) is 11.8 Å². The van der Waals surface area contributed by atoms with E-state index in [9.17, 15) is 9.59 Å². The molecule has 0 saturated heterocycles. The summed E-state index contributed by atoms with van der Waals surface area (Å²) in [5.74, 6) is -0.658. The van der Waals surface area contributed by atoms with Crippen molar-refractivity contribution in [2.45, 2.75) is 25.5 Å². The number of hydrogen-bond donors (Lipinski definition) is 2. The fourth-order valence-corrected chi connectivity index (χ4v) is 2.26. The molecule has 1 aromatic carbocycles. The Morgan fingerprint density at radius 1 is 1.42 bits per heavy atom. The first-order chi connectivity index (χ1) is 11.5. The molecule has 2 amide bonds. The molecular formula is C16H20ClN3O4. The molecule has 2 rings (SSSR count). The Bertz CT molecular complexity index is 618. The first kappa shape index (κ1) is 18.2. The maximum Gasteiger partial charge on any atom is 0.264 e. The van der Waals surface area contributed by atoms with Crippen LogP contribution in [0.1, 0.15) is 18.9 Å². The Morgan fingerprint density at radius 2 is 2.12 bits per heavy atom. The first-order valence-corrected chi connectivity index (χ1v) is 7.94. The van der Waals surface area contributed by atoms with Crippen LogP contribution in [-0.2, 0) is 19.2 Å². The van der Waals surface area contributed by atoms with E-state index in [2.05, 4.69) is 15.8 Å². The Hall–Kier alpha value is -2.12. The smallest absolute Gasteiger partial charge is 0.264 e. The lowest BCUT2D eigenvalue weighted by Gasteiger charge is -2.16. The predicted octanol–water partition coefficient (Wildman–Crippen LogP) is 1.10. The van der Waals surface area contributed by atoms with E-state index >= 15 is 0 Å². The van der Waals surface area contributed by atoms with Crippen LogP contribution in [0, 0.1) is 0 Å². The molecule has 0 spiro atoms. The zero-order valence-electron chi connectivity index (χ0n) is 13.5. The Labute approximate surface area is 145 Å². The summed E-state index contributed by atoms with van der Waals surface area (Å²) >= 11 is 5.85. The van der Waals surface area contributed by atoms with Gasteiger partial charge in [-0.2, -0.15) is 0 Å². The van der Waals surface area contributed by atoms with Gasteiger partial charge in [-0.15, -0.1) is 0 Å². The number of nitrogens with zero attached hydrogens (tertiary/aromatic N) is 1. The van der Waals surface area contributed by atoms with Crippen LogP contribution in [0.3, 0.4) is 0 Å². The number of carbonyl (C=O) groups excluding carboxylic acids is 2. The molecule has 0 bridgehead atoms. The average molecular weight is 354 g/mol. The lowest BCUT2D eigenvalue weighted by molar-refractivity contribution is -0.135. The molecule has 2 N–H and O–H groups in total. The fourth-order valence-electron chi connectivity index (χ4n) is 2.13. The highest BCUT2D eigenvalue weighted by Gasteiger charge is 2.30. The molecule has 1 aromatic rings. The van der Waals surface area contributed by atoms with Crippen molar-refractivity contribution in [1.29, 1.82) is 0 Å². The van der Waals surface area contributed by atoms with Gasteiger partial charge in [-0.05, 0) is 24.6 Å². The molecule has 1 aliphatic rings. The van der Waals surface area contributed by atoms with Gasteiger partial charge in [-0.3, -0.25) is 9.59 Å². The molecule has 0 aliphatic carbocycles. The number of ether oxygens (including phenoxy) is 1. The van der Waals surface area contributed by atoms with Crippen molar-refractivity contribution in [1.82, 2.24) is 10.6 Å². The first-order valence-electron chi connectivity index (χ1n) is 7.57. The highest BCUT2D eigenvalue weighted by molar-refractivity contribution is 6.30. The van der Waals surface area contributed by atoms with Crippen LogP contribution in [-0.4, -0.2) is 49.9 Å². The molecule has 0 saturated carbocycles. The summed E-state index contributed by atoms with van der Waals surface area (Å²) in [6.45, 7) is 2.41. The molecule has 1 heterocycles. The summed E-state index contributed by atoms with van der Waals surface area (Å²) in [7, 11) is 1.55. The number of rotatable bonds is 7. The van der Waals surface area contributed by atoms with Gasteiger partial charge in [0, 0.05) is 25.1 Å². The maximum atomic E-state index is 12.2. The van der Waals surface area contributed by atoms with Gasteiger partial charge >= 0.3 is 0 Å². The lowest BCUT2D eigenvalue weighted by Crippen LogP contribution is -2.48. The predicted molar refractivity (Wildman–Crippen MR) is 90.0 cm³/mol. The van der Waals surface area contributed by atoms with E-state index in [1.165, 1.54) is 0 Å². The molecule has 24 heavy (non-hydrogen) atoms. The van der Waals surface area contributed by atoms with Gasteiger partial charge in [0.05, 0.1) is 12.3 Å². The van der Waals surface area contributed by atoms with Gasteiger partial charge in [0.1, 0.15) is 6.04 Å². The second-order valence-electron chi connectivity index (χ2n) is 5.36. The van der Waals surface area contributed by atoms with Gasteiger partial charge < -0.3 is 20.2 Å². The zero-order valence-corrected chi connectivity index (χ0v) is 14.3. The van der Waals surface area contributed by atoms with Gasteiger partial charge in [0.2, 0.25) is 12.0 Å². The third-order valence-corrected chi connectivity index (χ3v) is 3.75. The molecular weight excluding hydrogens is 334 g/mol. The van der Waals surface area contributed by atoms with E-state index in [1.807, 2.05) is 12.1 Å². The van der Waals surface area contributed by atoms with E-state index in [0.29, 0.717) is 30.3 Å². The van der Waals surface area contributed by atoms with Gasteiger partial charge in [-0.1, -0.05) is 28.9 Å². The summed E-state index contributed by atoms with van der Waals surface area (Å²) in [5, 5.41) is 9.85. The van der Waals surface area contributed by atoms with Crippen LogP contribution in [0.5, 0.6) is 0 Å². The van der Waals surface area contributed by atoms with E-state index in [0.717, 1.165) is 5.56 Å². The molecule has 0 fully saturated rings. The highest BCUT2D eigenvalue weighted by Crippen LogP contribution is 2.18. The van der Waals surface area contributed by atoms with Crippen LogP contribution in [0.4, 0.5) is 0 Å². The average Bonchev–Trinajstić information content (AvgIpc) is 3.05. The van der Waals surface area contributed by atoms with E-state index in [4.69, 9.17) is 21.2 Å². The molecule has 0 aromatic heterocycles. The summed E-state index contributed by atoms with van der Waals surface area (Å²) in [6, 6.07) is 6.46. The number of halogens is 1. The maximum absolute atomic E-state index is 12.2. The van der Waals surface area contributed by atoms with Crippen LogP contribution in [0.15, 0.2) is 29.4 Å². The van der Waals surface area contributed by atoms with Crippen molar-refractivity contribution in [3.8, 4) is 0 Å². The fraction of sp³-hybridized carbons (Fsp3) is 0.438. The molecule has 7 nitrogen and oxygen atoms in total. The second-order valence-corrected chi connectivity index (χ2v) is 5.79. The zero-order chi connectivity index (χ0) is 17.5. The molecule has 0 unspecified atom stereocenters. The molecule has 8 heteroatoms. The van der Waals surface area contributed by atoms with E-state index in [1.54, 1.807) is 26.2 Å². The standard InChI is InChI=1S/C16H20ClN3O4/c1-10(15(21)18-7-8-23-2)19-16(22)14-9-13(20-24-14)11-3-5-12(17)6-4-11/h3-6,10,14H,7-9H2,1-2H3,(H,18,21)(H,19,22)/t10-,14-/m1/s1. The van der Waals surface area contributed by atoms with Crippen LogP contribution < -0.4 is 10.6 Å². The molecule has 0 radical (unpaired) electrons. The minimum Gasteiger partial charge on any atom is -0.383 e. The topological polar surface area (TPSA) is 89.0 Å². The van der Waals surface area contributed by atoms with Gasteiger partial charge in [0.25, 0.3) is 5.91 Å². The molecule has 130 valence electrons. The third kappa shape index (κ3) is 4.94. The number of methoxy groups -OCH3 is 1. The largest absolute Gasteiger partial charge is 0.383 e. The third-order valence-electron chi connectivity index (χ3n) is 3.50. The quantitative estimate of drug-likeness (QED) is 0.718. The van der Waals surface area contributed by atoms with Gasteiger partial charge in [-0.25, -0.2) is 0 Å². The van der Waals surface area contributed by atoms with Crippen molar-refractivity contribution in [2.75, 3.05) is 20.3 Å². The highest BCUT2D eigenvalue weighted by atomic mass is 35.5. The van der Waals surface area contributed by atoms with Crippen LogP contribution >= 0.6 is 11.6 Å². The SMILES string of the molecule is COCCNC(=O)[C@@H](C)NC(=O)[C@H]1CC(c2ccc(Cl)cc2)=NO1. The summed E-state index contributed by atoms with van der Waals surface area (Å²) in [5.41, 5.74) is 1.52. The number of oxime groups is 1. The number of benzene rings is 1. The monoisotopic (exact) mass is 353 g/mol. The van der Waals surface area contributed by atoms with Crippen molar-refractivity contribution >= 4 is 29.1 Å². The number of carbonyl (C=O) groups is 2. The second kappa shape index (κ2) is 8.65. The molecule has 2 atom stereocenters. The minimum absolute atomic E-state index is 0.280. The number of hydrogen-bond acceptors (Lipinski definition) is 5. The summed E-state index contributed by atoms with van der Waals surface area (Å²) in [4.78, 5) is 29.2. The Kier molecular flexibility index (Phi) is 6.57. The van der Waals surface area contributed by atoms with Crippen molar-refractivity contribution in [2.24, 2.45) is 5.16 Å². The Morgan fingerprint density at radius 3 is 2.79 bits per heavy atom. The number of nitrogens with one attached hydrogen (secondary N) is 2. The number of amides is 2. The lowest BCUT2D eigenvalue weighted by atomic mass is 10.0. The molecule has 1 aliphatic heterocycles. The minimum atomic E-state index is -0.745. The van der Waals surface area contributed by atoms with Gasteiger partial charge in [0.15, 0.2) is 0 Å². The van der Waals surface area contributed by atoms with Crippen molar-refractivity contribution < 1.29 is 19.2 Å².